The molecule has 0 aliphatic carbocycles. The summed E-state index contributed by atoms with van der Waals surface area (Å²) in [6.45, 7) is 8.56. The van der Waals surface area contributed by atoms with E-state index in [4.69, 9.17) is 4.42 Å². The number of benzene rings is 1. The van der Waals surface area contributed by atoms with E-state index in [-0.39, 0.29) is 6.04 Å². The van der Waals surface area contributed by atoms with Gasteiger partial charge in [0.15, 0.2) is 0 Å². The Morgan fingerprint density at radius 1 is 1.14 bits per heavy atom. The molecule has 2 heterocycles. The number of para-hydroxylation sites is 2. The smallest absolute Gasteiger partial charge is 0.106 e. The number of nitrogens with one attached hydrogen (secondary N) is 1. The lowest BCUT2D eigenvalue weighted by molar-refractivity contribution is 0.500. The summed E-state index contributed by atoms with van der Waals surface area (Å²) in [7, 11) is 0. The quantitative estimate of drug-likeness (QED) is 0.884. The van der Waals surface area contributed by atoms with Gasteiger partial charge in [0.2, 0.25) is 0 Å². The molecule has 3 heteroatoms. The minimum Gasteiger partial charge on any atom is -0.466 e. The van der Waals surface area contributed by atoms with Gasteiger partial charge in [-0.3, -0.25) is 0 Å². The number of aryl methyl sites for hydroxylation is 2. The number of nitrogens with zero attached hydrogens (tertiary/aromatic N) is 1. The Kier molecular flexibility index (Phi) is 3.91. The number of anilines is 2. The van der Waals surface area contributed by atoms with Crippen LogP contribution in [0.2, 0.25) is 0 Å². The second-order valence-corrected chi connectivity index (χ2v) is 5.95. The van der Waals surface area contributed by atoms with E-state index >= 15 is 0 Å². The van der Waals surface area contributed by atoms with Gasteiger partial charge in [-0.1, -0.05) is 12.1 Å². The molecular formula is C18H24N2O. The number of hydrogen-bond acceptors (Lipinski definition) is 3. The number of rotatable bonds is 4. The third-order valence-electron chi connectivity index (χ3n) is 4.27. The summed E-state index contributed by atoms with van der Waals surface area (Å²) in [5.74, 6) is 1.98. The van der Waals surface area contributed by atoms with Crippen molar-refractivity contribution in [1.82, 2.24) is 0 Å². The Balaban J connectivity index is 1.82. The molecular weight excluding hydrogens is 260 g/mol. The lowest BCUT2D eigenvalue weighted by atomic mass is 10.1. The van der Waals surface area contributed by atoms with Crippen LogP contribution in [-0.2, 0) is 0 Å². The molecule has 3 rings (SSSR count). The van der Waals surface area contributed by atoms with E-state index in [0.29, 0.717) is 0 Å². The zero-order chi connectivity index (χ0) is 14.8. The molecule has 1 aliphatic heterocycles. The first-order valence-corrected chi connectivity index (χ1v) is 7.82. The third kappa shape index (κ3) is 2.92. The van der Waals surface area contributed by atoms with Crippen molar-refractivity contribution in [3.63, 3.8) is 0 Å². The highest BCUT2D eigenvalue weighted by atomic mass is 16.3. The molecule has 112 valence electrons. The maximum Gasteiger partial charge on any atom is 0.106 e. The van der Waals surface area contributed by atoms with E-state index in [9.17, 15) is 0 Å². The van der Waals surface area contributed by atoms with Crippen LogP contribution in [0, 0.1) is 13.8 Å². The lowest BCUT2D eigenvalue weighted by Crippen LogP contribution is -2.20. The van der Waals surface area contributed by atoms with Crippen molar-refractivity contribution in [1.29, 1.82) is 0 Å². The standard InChI is InChI=1S/C18H24N2O/c1-13-12-16(15(3)21-13)14(2)19-17-8-4-5-9-18(17)20-10-6-7-11-20/h4-5,8-9,12,14,19H,6-7,10-11H2,1-3H3. The fourth-order valence-corrected chi connectivity index (χ4v) is 3.22. The molecule has 1 atom stereocenters. The van der Waals surface area contributed by atoms with E-state index in [1.165, 1.54) is 29.8 Å². The van der Waals surface area contributed by atoms with E-state index in [1.54, 1.807) is 0 Å². The van der Waals surface area contributed by atoms with Gasteiger partial charge in [-0.05, 0) is 51.8 Å². The number of furan rings is 1. The largest absolute Gasteiger partial charge is 0.466 e. The van der Waals surface area contributed by atoms with Gasteiger partial charge >= 0.3 is 0 Å². The van der Waals surface area contributed by atoms with Crippen molar-refractivity contribution >= 4 is 11.4 Å². The minimum atomic E-state index is 0.242. The first kappa shape index (κ1) is 14.1. The molecule has 0 saturated carbocycles. The van der Waals surface area contributed by atoms with Crippen LogP contribution in [0.25, 0.3) is 0 Å². The first-order chi connectivity index (χ1) is 10.1. The Bertz CT molecular complexity index is 611. The molecule has 1 fully saturated rings. The minimum absolute atomic E-state index is 0.242. The van der Waals surface area contributed by atoms with Crippen LogP contribution in [0.1, 0.15) is 42.9 Å². The predicted molar refractivity (Wildman–Crippen MR) is 88.1 cm³/mol. The molecule has 0 bridgehead atoms. The Hall–Kier alpha value is -1.90. The molecule has 1 N–H and O–H groups in total. The molecule has 1 aromatic carbocycles. The highest BCUT2D eigenvalue weighted by molar-refractivity contribution is 5.70. The van der Waals surface area contributed by atoms with Gasteiger partial charge in [-0.15, -0.1) is 0 Å². The summed E-state index contributed by atoms with van der Waals surface area (Å²) in [4.78, 5) is 2.47. The molecule has 0 amide bonds. The molecule has 1 unspecified atom stereocenters. The normalized spacial score (nSPS) is 16.2. The van der Waals surface area contributed by atoms with Gasteiger partial charge < -0.3 is 14.6 Å². The summed E-state index contributed by atoms with van der Waals surface area (Å²) in [6, 6.07) is 11.0. The van der Waals surface area contributed by atoms with Crippen LogP contribution in [0.15, 0.2) is 34.7 Å². The fourth-order valence-electron chi connectivity index (χ4n) is 3.22. The highest BCUT2D eigenvalue weighted by Crippen LogP contribution is 2.32. The van der Waals surface area contributed by atoms with Crippen LogP contribution >= 0.6 is 0 Å². The van der Waals surface area contributed by atoms with Crippen molar-refractivity contribution < 1.29 is 4.42 Å². The van der Waals surface area contributed by atoms with Gasteiger partial charge in [-0.25, -0.2) is 0 Å². The molecule has 1 saturated heterocycles. The summed E-state index contributed by atoms with van der Waals surface area (Å²) < 4.78 is 5.65. The third-order valence-corrected chi connectivity index (χ3v) is 4.27. The van der Waals surface area contributed by atoms with Crippen molar-refractivity contribution in [3.8, 4) is 0 Å². The second kappa shape index (κ2) is 5.84. The van der Waals surface area contributed by atoms with Crippen LogP contribution in [0.5, 0.6) is 0 Å². The second-order valence-electron chi connectivity index (χ2n) is 5.95. The fraction of sp³-hybridized carbons (Fsp3) is 0.444. The van der Waals surface area contributed by atoms with Crippen molar-refractivity contribution in [3.05, 3.63) is 47.4 Å². The summed E-state index contributed by atoms with van der Waals surface area (Å²) >= 11 is 0. The molecule has 3 nitrogen and oxygen atoms in total. The maximum atomic E-state index is 5.65. The van der Waals surface area contributed by atoms with Crippen LogP contribution in [0.3, 0.4) is 0 Å². The van der Waals surface area contributed by atoms with Crippen molar-refractivity contribution in [2.45, 2.75) is 39.7 Å². The summed E-state index contributed by atoms with van der Waals surface area (Å²) in [5.41, 5.74) is 3.77. The van der Waals surface area contributed by atoms with E-state index in [1.807, 2.05) is 13.8 Å². The molecule has 0 radical (unpaired) electrons. The highest BCUT2D eigenvalue weighted by Gasteiger charge is 2.18. The predicted octanol–water partition coefficient (Wildman–Crippen LogP) is 4.67. The van der Waals surface area contributed by atoms with Gasteiger partial charge in [0, 0.05) is 18.7 Å². The SMILES string of the molecule is Cc1cc(C(C)Nc2ccccc2N2CCCC2)c(C)o1. The summed E-state index contributed by atoms with van der Waals surface area (Å²) in [5, 5.41) is 3.66. The molecule has 1 aliphatic rings. The molecule has 1 aromatic heterocycles. The Labute approximate surface area is 127 Å². The van der Waals surface area contributed by atoms with Crippen LogP contribution in [-0.4, -0.2) is 13.1 Å². The molecule has 2 aromatic rings. The van der Waals surface area contributed by atoms with Gasteiger partial charge in [0.1, 0.15) is 11.5 Å². The average molecular weight is 284 g/mol. The molecule has 0 spiro atoms. The van der Waals surface area contributed by atoms with Crippen LogP contribution < -0.4 is 10.2 Å². The average Bonchev–Trinajstić information content (AvgIpc) is 3.09. The summed E-state index contributed by atoms with van der Waals surface area (Å²) in [6.07, 6.45) is 2.59. The Morgan fingerprint density at radius 2 is 1.86 bits per heavy atom. The van der Waals surface area contributed by atoms with Crippen LogP contribution in [0.4, 0.5) is 11.4 Å². The maximum absolute atomic E-state index is 5.65. The van der Waals surface area contributed by atoms with Gasteiger partial charge in [-0.2, -0.15) is 0 Å². The van der Waals surface area contributed by atoms with E-state index in [0.717, 1.165) is 24.6 Å². The van der Waals surface area contributed by atoms with Gasteiger partial charge in [0.25, 0.3) is 0 Å². The van der Waals surface area contributed by atoms with Crippen molar-refractivity contribution in [2.24, 2.45) is 0 Å². The van der Waals surface area contributed by atoms with Gasteiger partial charge in [0.05, 0.1) is 17.4 Å². The first-order valence-electron chi connectivity index (χ1n) is 7.82. The zero-order valence-corrected chi connectivity index (χ0v) is 13.1. The lowest BCUT2D eigenvalue weighted by Gasteiger charge is -2.24. The van der Waals surface area contributed by atoms with E-state index in [2.05, 4.69) is 47.5 Å². The Morgan fingerprint density at radius 3 is 2.52 bits per heavy atom. The van der Waals surface area contributed by atoms with Crippen molar-refractivity contribution in [2.75, 3.05) is 23.3 Å². The topological polar surface area (TPSA) is 28.4 Å². The van der Waals surface area contributed by atoms with E-state index < -0.39 is 0 Å². The molecule has 21 heavy (non-hydrogen) atoms. The monoisotopic (exact) mass is 284 g/mol. The number of hydrogen-bond donors (Lipinski definition) is 1. The zero-order valence-electron chi connectivity index (χ0n) is 13.1.